The van der Waals surface area contributed by atoms with Crippen molar-refractivity contribution in [2.45, 2.75) is 65.5 Å². The van der Waals surface area contributed by atoms with Gasteiger partial charge in [0.15, 0.2) is 5.82 Å². The predicted octanol–water partition coefficient (Wildman–Crippen LogP) is 7.41. The Morgan fingerprint density at radius 2 is 1.45 bits per heavy atom. The zero-order valence-electron chi connectivity index (χ0n) is 25.8. The van der Waals surface area contributed by atoms with Crippen molar-refractivity contribution >= 4 is 11.5 Å². The lowest BCUT2D eigenvalue weighted by atomic mass is 9.87. The molecule has 1 aliphatic carbocycles. The summed E-state index contributed by atoms with van der Waals surface area (Å²) in [6, 6.07) is 26.9. The van der Waals surface area contributed by atoms with Crippen molar-refractivity contribution in [1.29, 1.82) is 0 Å². The third-order valence-corrected chi connectivity index (χ3v) is 9.39. The van der Waals surface area contributed by atoms with Gasteiger partial charge >= 0.3 is 0 Å². The lowest BCUT2D eigenvalue weighted by Gasteiger charge is -2.39. The van der Waals surface area contributed by atoms with E-state index in [0.29, 0.717) is 6.04 Å². The Hall–Kier alpha value is -3.70. The topological polar surface area (TPSA) is 35.5 Å². The summed E-state index contributed by atoms with van der Waals surface area (Å²) in [5.74, 6) is 2.01. The number of hydrogen-bond acceptors (Lipinski definition) is 5. The van der Waals surface area contributed by atoms with Crippen molar-refractivity contribution in [3.05, 3.63) is 106 Å². The molecule has 0 unspecified atom stereocenters. The maximum Gasteiger partial charge on any atom is 0.162 e. The van der Waals surface area contributed by atoms with Crippen LogP contribution in [-0.4, -0.2) is 48.1 Å². The van der Waals surface area contributed by atoms with E-state index < -0.39 is 0 Å². The van der Waals surface area contributed by atoms with Gasteiger partial charge in [0.05, 0.1) is 0 Å². The van der Waals surface area contributed by atoms with Gasteiger partial charge in [-0.1, -0.05) is 74.5 Å². The van der Waals surface area contributed by atoms with Crippen molar-refractivity contribution in [2.24, 2.45) is 0 Å². The molecule has 2 heterocycles. The van der Waals surface area contributed by atoms with Gasteiger partial charge in [-0.3, -0.25) is 4.90 Å². The summed E-state index contributed by atoms with van der Waals surface area (Å²) in [6.07, 6.45) is 5.57. The van der Waals surface area contributed by atoms with Crippen LogP contribution >= 0.6 is 0 Å². The van der Waals surface area contributed by atoms with Gasteiger partial charge in [-0.15, -0.1) is 0 Å². The van der Waals surface area contributed by atoms with E-state index in [2.05, 4.69) is 115 Å². The molecule has 6 rings (SSSR count). The molecule has 0 spiro atoms. The third-order valence-electron chi connectivity index (χ3n) is 9.39. The first-order chi connectivity index (χ1) is 20.6. The van der Waals surface area contributed by atoms with Crippen LogP contribution in [0.4, 0.5) is 11.5 Å². The number of piperazine rings is 1. The van der Waals surface area contributed by atoms with Crippen LogP contribution < -0.4 is 9.80 Å². The van der Waals surface area contributed by atoms with Crippen LogP contribution in [-0.2, 0) is 25.8 Å². The molecule has 42 heavy (non-hydrogen) atoms. The van der Waals surface area contributed by atoms with E-state index in [1.165, 1.54) is 58.3 Å². The molecule has 1 aliphatic heterocycles. The van der Waals surface area contributed by atoms with Gasteiger partial charge < -0.3 is 9.80 Å². The SMILES string of the molecule is CCc1cccc(CC)c1-c1nc(C)c(CN(C)[C@H]2CCCc3ccccc32)c(N2CCN(c3ccccc3)CC2)n1. The van der Waals surface area contributed by atoms with Crippen molar-refractivity contribution in [3.63, 3.8) is 0 Å². The maximum absolute atomic E-state index is 5.45. The summed E-state index contributed by atoms with van der Waals surface area (Å²) in [4.78, 5) is 18.3. The third kappa shape index (κ3) is 5.67. The first kappa shape index (κ1) is 28.4. The smallest absolute Gasteiger partial charge is 0.162 e. The second kappa shape index (κ2) is 12.7. The molecule has 2 aliphatic rings. The number of para-hydroxylation sites is 1. The molecule has 1 fully saturated rings. The molecular weight excluding hydrogens is 514 g/mol. The van der Waals surface area contributed by atoms with Crippen molar-refractivity contribution in [2.75, 3.05) is 43.0 Å². The number of fused-ring (bicyclic) bond motifs is 1. The van der Waals surface area contributed by atoms with Crippen LogP contribution in [0.15, 0.2) is 72.8 Å². The Morgan fingerprint density at radius 3 is 2.17 bits per heavy atom. The first-order valence-electron chi connectivity index (χ1n) is 15.9. The van der Waals surface area contributed by atoms with Gasteiger partial charge in [0, 0.05) is 61.3 Å². The minimum Gasteiger partial charge on any atom is -0.368 e. The van der Waals surface area contributed by atoms with Gasteiger partial charge in [0.1, 0.15) is 5.82 Å². The van der Waals surface area contributed by atoms with E-state index in [-0.39, 0.29) is 0 Å². The van der Waals surface area contributed by atoms with Crippen molar-refractivity contribution < 1.29 is 0 Å². The molecule has 0 saturated carbocycles. The second-order valence-electron chi connectivity index (χ2n) is 11.9. The summed E-state index contributed by atoms with van der Waals surface area (Å²) < 4.78 is 0. The predicted molar refractivity (Wildman–Crippen MR) is 175 cm³/mol. The molecule has 218 valence electrons. The van der Waals surface area contributed by atoms with Gasteiger partial charge in [-0.2, -0.15) is 0 Å². The minimum absolute atomic E-state index is 0.421. The zero-order chi connectivity index (χ0) is 29.1. The summed E-state index contributed by atoms with van der Waals surface area (Å²) in [7, 11) is 2.29. The lowest BCUT2D eigenvalue weighted by Crippen LogP contribution is -2.47. The van der Waals surface area contributed by atoms with Crippen LogP contribution in [0.2, 0.25) is 0 Å². The number of anilines is 2. The second-order valence-corrected chi connectivity index (χ2v) is 11.9. The van der Waals surface area contributed by atoms with Gasteiger partial charge in [0.25, 0.3) is 0 Å². The number of rotatable bonds is 8. The Labute approximate surface area is 252 Å². The average Bonchev–Trinajstić information content (AvgIpc) is 3.05. The van der Waals surface area contributed by atoms with Crippen LogP contribution in [0.3, 0.4) is 0 Å². The Morgan fingerprint density at radius 1 is 0.786 bits per heavy atom. The normalized spacial score (nSPS) is 17.0. The standard InChI is InChI=1S/C37H45N5/c1-5-28-15-12-16-29(6-2)35(28)36-38-27(3)33(26-40(4)34-21-13-17-30-14-10-11-20-32(30)34)37(39-36)42-24-22-41(23-25-42)31-18-8-7-9-19-31/h7-12,14-16,18-20,34H,5-6,13,17,21-26H2,1-4H3/t34-/m0/s1. The molecule has 0 radical (unpaired) electrons. The summed E-state index contributed by atoms with van der Waals surface area (Å²) in [5.41, 5.74) is 10.6. The summed E-state index contributed by atoms with van der Waals surface area (Å²) in [5, 5.41) is 0. The fourth-order valence-electron chi connectivity index (χ4n) is 7.03. The average molecular weight is 560 g/mol. The quantitative estimate of drug-likeness (QED) is 0.225. The molecule has 1 saturated heterocycles. The molecule has 0 amide bonds. The highest BCUT2D eigenvalue weighted by Crippen LogP contribution is 2.37. The van der Waals surface area contributed by atoms with Gasteiger partial charge in [-0.25, -0.2) is 9.97 Å². The summed E-state index contributed by atoms with van der Waals surface area (Å²) >= 11 is 0. The number of benzene rings is 3. The molecule has 3 aromatic carbocycles. The van der Waals surface area contributed by atoms with Crippen LogP contribution in [0.5, 0.6) is 0 Å². The lowest BCUT2D eigenvalue weighted by molar-refractivity contribution is 0.212. The van der Waals surface area contributed by atoms with Crippen LogP contribution in [0.25, 0.3) is 11.4 Å². The van der Waals surface area contributed by atoms with Crippen molar-refractivity contribution in [3.8, 4) is 11.4 Å². The Balaban J connectivity index is 1.37. The maximum atomic E-state index is 5.45. The first-order valence-corrected chi connectivity index (χ1v) is 15.9. The monoisotopic (exact) mass is 559 g/mol. The molecule has 5 heteroatoms. The molecule has 4 aromatic rings. The Kier molecular flexibility index (Phi) is 8.57. The fourth-order valence-corrected chi connectivity index (χ4v) is 7.03. The molecule has 5 nitrogen and oxygen atoms in total. The van der Waals surface area contributed by atoms with Crippen LogP contribution in [0.1, 0.15) is 66.2 Å². The summed E-state index contributed by atoms with van der Waals surface area (Å²) in [6.45, 7) is 11.4. The fraction of sp³-hybridized carbons (Fsp3) is 0.405. The highest BCUT2D eigenvalue weighted by Gasteiger charge is 2.28. The van der Waals surface area contributed by atoms with E-state index in [1.54, 1.807) is 0 Å². The van der Waals surface area contributed by atoms with E-state index >= 15 is 0 Å². The molecule has 1 aromatic heterocycles. The number of nitrogens with zero attached hydrogens (tertiary/aromatic N) is 5. The van der Waals surface area contributed by atoms with E-state index in [0.717, 1.165) is 62.9 Å². The van der Waals surface area contributed by atoms with Crippen LogP contribution in [0, 0.1) is 6.92 Å². The van der Waals surface area contributed by atoms with E-state index in [4.69, 9.17) is 9.97 Å². The molecule has 0 N–H and O–H groups in total. The largest absolute Gasteiger partial charge is 0.368 e. The van der Waals surface area contributed by atoms with Gasteiger partial charge in [0.2, 0.25) is 0 Å². The highest BCUT2D eigenvalue weighted by atomic mass is 15.3. The zero-order valence-corrected chi connectivity index (χ0v) is 25.8. The number of hydrogen-bond donors (Lipinski definition) is 0. The number of aromatic nitrogens is 2. The van der Waals surface area contributed by atoms with E-state index in [1.807, 2.05) is 0 Å². The molecule has 1 atom stereocenters. The van der Waals surface area contributed by atoms with E-state index in [9.17, 15) is 0 Å². The minimum atomic E-state index is 0.421. The van der Waals surface area contributed by atoms with Crippen molar-refractivity contribution in [1.82, 2.24) is 14.9 Å². The number of aryl methyl sites for hydroxylation is 4. The van der Waals surface area contributed by atoms with Gasteiger partial charge in [-0.05, 0) is 80.5 Å². The molecular formula is C37H45N5. The Bertz CT molecular complexity index is 1480. The molecule has 0 bridgehead atoms. The highest BCUT2D eigenvalue weighted by molar-refractivity contribution is 5.68.